The maximum absolute atomic E-state index is 11.5. The number of hydrogen-bond acceptors (Lipinski definition) is 5. The third-order valence-corrected chi connectivity index (χ3v) is 5.62. The zero-order valence-corrected chi connectivity index (χ0v) is 22.8. The Morgan fingerprint density at radius 3 is 1.58 bits per heavy atom. The molecule has 0 aliphatic carbocycles. The molecule has 5 nitrogen and oxygen atoms in total. The molecule has 0 saturated carbocycles. The van der Waals surface area contributed by atoms with Crippen molar-refractivity contribution in [2.45, 2.75) is 47.5 Å². The molecule has 0 heterocycles. The van der Waals surface area contributed by atoms with Crippen LogP contribution in [0.5, 0.6) is 17.2 Å². The van der Waals surface area contributed by atoms with Crippen molar-refractivity contribution in [2.75, 3.05) is 7.11 Å². The number of hydrogen-bond donors (Lipinski definition) is 2. The van der Waals surface area contributed by atoms with E-state index in [4.69, 9.17) is 4.74 Å². The SMILES string of the molecule is COC(=O)Oc1c(C)cc(Cc2cc(C)cc(Cc3cc(C)c(O)c(C)c3)c2O)cc1C.[W]. The molecule has 2 N–H and O–H groups in total. The van der Waals surface area contributed by atoms with Gasteiger partial charge in [-0.25, -0.2) is 4.79 Å². The van der Waals surface area contributed by atoms with Crippen LogP contribution in [-0.2, 0) is 38.6 Å². The second-order valence-corrected chi connectivity index (χ2v) is 8.48. The van der Waals surface area contributed by atoms with Gasteiger partial charge in [0.25, 0.3) is 0 Å². The van der Waals surface area contributed by atoms with Crippen molar-refractivity contribution in [3.8, 4) is 17.2 Å². The number of phenolic OH excluding ortho intramolecular Hbond substituents is 2. The summed E-state index contributed by atoms with van der Waals surface area (Å²) in [6.45, 7) is 9.54. The summed E-state index contributed by atoms with van der Waals surface area (Å²) >= 11 is 0. The van der Waals surface area contributed by atoms with Crippen molar-refractivity contribution < 1.29 is 45.5 Å². The molecule has 3 aromatic rings. The number of aromatic hydroxyl groups is 2. The van der Waals surface area contributed by atoms with Gasteiger partial charge in [-0.1, -0.05) is 42.0 Å². The molecule has 0 aliphatic rings. The van der Waals surface area contributed by atoms with Crippen LogP contribution in [-0.4, -0.2) is 23.5 Å². The number of phenols is 2. The summed E-state index contributed by atoms with van der Waals surface area (Å²) in [5.41, 5.74) is 8.12. The third kappa shape index (κ3) is 6.17. The van der Waals surface area contributed by atoms with Gasteiger partial charge >= 0.3 is 6.16 Å². The molecule has 0 amide bonds. The van der Waals surface area contributed by atoms with Gasteiger partial charge in [0.15, 0.2) is 0 Å². The smallest absolute Gasteiger partial charge is 0.507 e. The van der Waals surface area contributed by atoms with E-state index in [0.29, 0.717) is 24.3 Å². The average Bonchev–Trinajstić information content (AvgIpc) is 2.72. The first-order valence-electron chi connectivity index (χ1n) is 10.6. The fraction of sp³-hybridized carbons (Fsp3) is 0.296. The molecule has 0 radical (unpaired) electrons. The van der Waals surface area contributed by atoms with Gasteiger partial charge in [-0.3, -0.25) is 0 Å². The predicted molar refractivity (Wildman–Crippen MR) is 125 cm³/mol. The summed E-state index contributed by atoms with van der Waals surface area (Å²) in [4.78, 5) is 11.5. The normalized spacial score (nSPS) is 10.5. The Hall–Kier alpha value is -2.78. The maximum atomic E-state index is 11.5. The summed E-state index contributed by atoms with van der Waals surface area (Å²) in [6, 6.07) is 11.8. The van der Waals surface area contributed by atoms with Crippen molar-refractivity contribution in [2.24, 2.45) is 0 Å². The van der Waals surface area contributed by atoms with Crippen molar-refractivity contribution in [1.82, 2.24) is 0 Å². The summed E-state index contributed by atoms with van der Waals surface area (Å²) in [7, 11) is 1.28. The maximum Gasteiger partial charge on any atom is 0.513 e. The van der Waals surface area contributed by atoms with Crippen LogP contribution in [0.1, 0.15) is 50.1 Å². The zero-order chi connectivity index (χ0) is 23.6. The van der Waals surface area contributed by atoms with Crippen molar-refractivity contribution in [3.63, 3.8) is 0 Å². The number of carbonyl (C=O) groups is 1. The van der Waals surface area contributed by atoms with E-state index in [1.54, 1.807) is 0 Å². The van der Waals surface area contributed by atoms with E-state index in [1.807, 2.05) is 71.0 Å². The first-order valence-corrected chi connectivity index (χ1v) is 10.6. The van der Waals surface area contributed by atoms with Crippen LogP contribution in [0.4, 0.5) is 4.79 Å². The average molecular weight is 618 g/mol. The van der Waals surface area contributed by atoms with E-state index in [-0.39, 0.29) is 26.8 Å². The molecule has 0 spiro atoms. The molecule has 0 aliphatic heterocycles. The molecule has 174 valence electrons. The molecular formula is C27H30O5W. The van der Waals surface area contributed by atoms with E-state index < -0.39 is 6.16 Å². The van der Waals surface area contributed by atoms with Crippen molar-refractivity contribution in [1.29, 1.82) is 0 Å². The number of aryl methyl sites for hydroxylation is 5. The van der Waals surface area contributed by atoms with Gasteiger partial charge in [-0.2, -0.15) is 0 Å². The van der Waals surface area contributed by atoms with Gasteiger partial charge in [-0.15, -0.1) is 0 Å². The molecular weight excluding hydrogens is 588 g/mol. The molecule has 6 heteroatoms. The van der Waals surface area contributed by atoms with Crippen LogP contribution < -0.4 is 4.74 Å². The van der Waals surface area contributed by atoms with Crippen LogP contribution in [0.15, 0.2) is 36.4 Å². The zero-order valence-electron chi connectivity index (χ0n) is 19.9. The molecule has 3 aromatic carbocycles. The van der Waals surface area contributed by atoms with Crippen molar-refractivity contribution >= 4 is 6.16 Å². The fourth-order valence-corrected chi connectivity index (χ4v) is 4.22. The third-order valence-electron chi connectivity index (χ3n) is 5.62. The Labute approximate surface area is 209 Å². The van der Waals surface area contributed by atoms with E-state index >= 15 is 0 Å². The van der Waals surface area contributed by atoms with Crippen LogP contribution in [0.25, 0.3) is 0 Å². The first-order chi connectivity index (χ1) is 15.1. The molecule has 3 rings (SSSR count). The Balaban J connectivity index is 0.00000385. The Kier molecular flexibility index (Phi) is 8.74. The van der Waals surface area contributed by atoms with Gasteiger partial charge < -0.3 is 19.7 Å². The van der Waals surface area contributed by atoms with Crippen LogP contribution >= 0.6 is 0 Å². The molecule has 0 saturated heterocycles. The number of benzene rings is 3. The van der Waals surface area contributed by atoms with Gasteiger partial charge in [0.2, 0.25) is 0 Å². The topological polar surface area (TPSA) is 76.0 Å². The predicted octanol–water partition coefficient (Wildman–Crippen LogP) is 5.96. The van der Waals surface area contributed by atoms with Crippen molar-refractivity contribution in [3.05, 3.63) is 86.5 Å². The monoisotopic (exact) mass is 618 g/mol. The second kappa shape index (κ2) is 10.9. The number of rotatable bonds is 5. The first kappa shape index (κ1) is 26.5. The molecule has 33 heavy (non-hydrogen) atoms. The summed E-state index contributed by atoms with van der Waals surface area (Å²) < 4.78 is 9.85. The van der Waals surface area contributed by atoms with Gasteiger partial charge in [0.1, 0.15) is 17.2 Å². The minimum absolute atomic E-state index is 0. The Morgan fingerprint density at radius 2 is 1.15 bits per heavy atom. The quantitative estimate of drug-likeness (QED) is 0.273. The minimum Gasteiger partial charge on any atom is -0.507 e. The van der Waals surface area contributed by atoms with Gasteiger partial charge in [0.05, 0.1) is 7.11 Å². The molecule has 0 aromatic heterocycles. The van der Waals surface area contributed by atoms with E-state index in [0.717, 1.165) is 50.1 Å². The number of ether oxygens (including phenoxy) is 2. The Bertz CT molecular complexity index is 1140. The van der Waals surface area contributed by atoms with E-state index in [2.05, 4.69) is 4.74 Å². The number of carbonyl (C=O) groups excluding carboxylic acids is 1. The summed E-state index contributed by atoms with van der Waals surface area (Å²) in [5, 5.41) is 21.1. The molecule has 0 fully saturated rings. The van der Waals surface area contributed by atoms with Gasteiger partial charge in [0, 0.05) is 33.9 Å². The fourth-order valence-electron chi connectivity index (χ4n) is 4.22. The van der Waals surface area contributed by atoms with Crippen LogP contribution in [0.3, 0.4) is 0 Å². The van der Waals surface area contributed by atoms with E-state index in [1.165, 1.54) is 7.11 Å². The molecule has 0 atom stereocenters. The van der Waals surface area contributed by atoms with Crippen LogP contribution in [0.2, 0.25) is 0 Å². The van der Waals surface area contributed by atoms with Crippen LogP contribution in [0, 0.1) is 34.6 Å². The van der Waals surface area contributed by atoms with E-state index in [9.17, 15) is 15.0 Å². The largest absolute Gasteiger partial charge is 0.513 e. The molecule has 0 bridgehead atoms. The minimum atomic E-state index is -0.746. The Morgan fingerprint density at radius 1 is 0.727 bits per heavy atom. The second-order valence-electron chi connectivity index (χ2n) is 8.48. The standard InChI is InChI=1S/C27H30O5.W/c1-15-7-22(13-20-9-16(2)24(28)17(3)10-20)25(29)23(8-15)14-21-11-18(4)26(19(5)12-21)32-27(30)31-6;/h7-12,28-29H,13-14H2,1-6H3;. The summed E-state index contributed by atoms with van der Waals surface area (Å²) in [6.07, 6.45) is 0.380. The summed E-state index contributed by atoms with van der Waals surface area (Å²) in [5.74, 6) is 1.09. The number of methoxy groups -OCH3 is 1. The van der Waals surface area contributed by atoms with Gasteiger partial charge in [-0.05, 0) is 79.1 Å². The molecule has 0 unspecified atom stereocenters.